The summed E-state index contributed by atoms with van der Waals surface area (Å²) in [4.78, 5) is 6.58. The molecular weight excluding hydrogens is 188 g/mol. The molecule has 1 unspecified atom stereocenters. The maximum absolute atomic E-state index is 8.90. The number of nitrogens with zero attached hydrogens (tertiary/aromatic N) is 2. The molecule has 0 spiro atoms. The van der Waals surface area contributed by atoms with Crippen LogP contribution < -0.4 is 4.90 Å². The second kappa shape index (κ2) is 4.62. The van der Waals surface area contributed by atoms with Crippen molar-refractivity contribution in [1.82, 2.24) is 4.98 Å². The van der Waals surface area contributed by atoms with Crippen LogP contribution in [0, 0.1) is 12.8 Å². The van der Waals surface area contributed by atoms with Gasteiger partial charge in [0.2, 0.25) is 0 Å². The summed E-state index contributed by atoms with van der Waals surface area (Å²) in [6.45, 7) is 4.51. The summed E-state index contributed by atoms with van der Waals surface area (Å²) in [6.07, 6.45) is 3.99. The number of aryl methyl sites for hydroxylation is 1. The highest BCUT2D eigenvalue weighted by molar-refractivity contribution is 5.47. The van der Waals surface area contributed by atoms with E-state index < -0.39 is 0 Å². The van der Waals surface area contributed by atoms with Crippen LogP contribution in [0.2, 0.25) is 0 Å². The minimum Gasteiger partial charge on any atom is -0.396 e. The number of aromatic nitrogens is 1. The van der Waals surface area contributed by atoms with Gasteiger partial charge in [0, 0.05) is 37.3 Å². The van der Waals surface area contributed by atoms with Gasteiger partial charge in [-0.05, 0) is 37.8 Å². The Kier molecular flexibility index (Phi) is 3.21. The fourth-order valence-corrected chi connectivity index (χ4v) is 2.21. The molecule has 1 saturated heterocycles. The Hall–Kier alpha value is -1.09. The molecule has 1 N–H and O–H groups in total. The number of hydrogen-bond donors (Lipinski definition) is 1. The quantitative estimate of drug-likeness (QED) is 0.816. The third kappa shape index (κ3) is 2.48. The molecule has 0 amide bonds. The number of rotatable bonds is 3. The van der Waals surface area contributed by atoms with Crippen LogP contribution in [0.3, 0.4) is 0 Å². The predicted molar refractivity (Wildman–Crippen MR) is 61.0 cm³/mol. The molecule has 2 rings (SSSR count). The van der Waals surface area contributed by atoms with E-state index in [9.17, 15) is 0 Å². The zero-order valence-electron chi connectivity index (χ0n) is 9.19. The van der Waals surface area contributed by atoms with E-state index in [0.29, 0.717) is 12.5 Å². The fraction of sp³-hybridized carbons (Fsp3) is 0.583. The van der Waals surface area contributed by atoms with Crippen LogP contribution in [0.1, 0.15) is 18.5 Å². The van der Waals surface area contributed by atoms with Gasteiger partial charge in [-0.25, -0.2) is 0 Å². The highest BCUT2D eigenvalue weighted by Gasteiger charge is 2.21. The molecule has 82 valence electrons. The summed E-state index contributed by atoms with van der Waals surface area (Å²) in [5.74, 6) is 0.656. The molecule has 3 nitrogen and oxygen atoms in total. The van der Waals surface area contributed by atoms with Crippen molar-refractivity contribution in [3.05, 3.63) is 24.0 Å². The maximum atomic E-state index is 8.90. The molecule has 1 aromatic heterocycles. The van der Waals surface area contributed by atoms with E-state index in [4.69, 9.17) is 5.11 Å². The van der Waals surface area contributed by atoms with Gasteiger partial charge in [0.25, 0.3) is 0 Å². The Bertz CT molecular complexity index is 327. The van der Waals surface area contributed by atoms with Gasteiger partial charge in [0.1, 0.15) is 0 Å². The van der Waals surface area contributed by atoms with Crippen molar-refractivity contribution in [3.63, 3.8) is 0 Å². The lowest BCUT2D eigenvalue weighted by Crippen LogP contribution is -2.20. The fourth-order valence-electron chi connectivity index (χ4n) is 2.21. The molecule has 1 aliphatic heterocycles. The lowest BCUT2D eigenvalue weighted by atomic mass is 10.1. The van der Waals surface area contributed by atoms with E-state index in [-0.39, 0.29) is 0 Å². The molecule has 2 heterocycles. The first-order valence-electron chi connectivity index (χ1n) is 5.58. The lowest BCUT2D eigenvalue weighted by Gasteiger charge is -2.18. The predicted octanol–water partition coefficient (Wildman–Crippen LogP) is 1.60. The third-order valence-electron chi connectivity index (χ3n) is 3.07. The number of pyridine rings is 1. The molecule has 0 radical (unpaired) electrons. The van der Waals surface area contributed by atoms with E-state index in [1.165, 1.54) is 12.1 Å². The first-order valence-corrected chi connectivity index (χ1v) is 5.58. The molecule has 3 heteroatoms. The molecule has 1 fully saturated rings. The number of hydrogen-bond acceptors (Lipinski definition) is 3. The van der Waals surface area contributed by atoms with Gasteiger partial charge in [-0.1, -0.05) is 0 Å². The first kappa shape index (κ1) is 10.4. The summed E-state index contributed by atoms with van der Waals surface area (Å²) >= 11 is 0. The molecule has 15 heavy (non-hydrogen) atoms. The maximum Gasteiger partial charge on any atom is 0.0434 e. The Morgan fingerprint density at radius 1 is 1.60 bits per heavy atom. The van der Waals surface area contributed by atoms with Gasteiger partial charge in [0.15, 0.2) is 0 Å². The van der Waals surface area contributed by atoms with Crippen molar-refractivity contribution >= 4 is 5.69 Å². The smallest absolute Gasteiger partial charge is 0.0434 e. The summed E-state index contributed by atoms with van der Waals surface area (Å²) in [5.41, 5.74) is 2.33. The van der Waals surface area contributed by atoms with Gasteiger partial charge in [-0.3, -0.25) is 4.98 Å². The van der Waals surface area contributed by atoms with Crippen LogP contribution in [-0.4, -0.2) is 29.8 Å². The molecule has 0 aliphatic carbocycles. The molecule has 1 aromatic rings. The topological polar surface area (TPSA) is 36.4 Å². The van der Waals surface area contributed by atoms with Crippen LogP contribution in [-0.2, 0) is 0 Å². The monoisotopic (exact) mass is 206 g/mol. The van der Waals surface area contributed by atoms with Crippen molar-refractivity contribution in [1.29, 1.82) is 0 Å². The van der Waals surface area contributed by atoms with E-state index in [1.807, 2.05) is 13.1 Å². The first-order chi connectivity index (χ1) is 7.29. The minimum absolute atomic E-state index is 0.313. The molecule has 0 aromatic carbocycles. The molecular formula is C12H18N2O. The van der Waals surface area contributed by atoms with Crippen LogP contribution in [0.15, 0.2) is 18.3 Å². The van der Waals surface area contributed by atoms with E-state index in [0.717, 1.165) is 25.2 Å². The Labute approximate surface area is 90.8 Å². The average molecular weight is 206 g/mol. The van der Waals surface area contributed by atoms with Crippen molar-refractivity contribution in [2.24, 2.45) is 5.92 Å². The summed E-state index contributed by atoms with van der Waals surface area (Å²) < 4.78 is 0. The van der Waals surface area contributed by atoms with Gasteiger partial charge < -0.3 is 10.0 Å². The zero-order chi connectivity index (χ0) is 10.7. The summed E-state index contributed by atoms with van der Waals surface area (Å²) in [7, 11) is 0. The van der Waals surface area contributed by atoms with Crippen LogP contribution in [0.5, 0.6) is 0 Å². The van der Waals surface area contributed by atoms with Gasteiger partial charge in [-0.2, -0.15) is 0 Å². The number of anilines is 1. The van der Waals surface area contributed by atoms with Gasteiger partial charge in [0.05, 0.1) is 0 Å². The molecule has 0 bridgehead atoms. The Balaban J connectivity index is 2.01. The second-order valence-electron chi connectivity index (χ2n) is 4.27. The van der Waals surface area contributed by atoms with Crippen LogP contribution in [0.4, 0.5) is 5.69 Å². The normalized spacial score (nSPS) is 20.9. The largest absolute Gasteiger partial charge is 0.396 e. The Morgan fingerprint density at radius 3 is 3.20 bits per heavy atom. The van der Waals surface area contributed by atoms with Crippen LogP contribution >= 0.6 is 0 Å². The van der Waals surface area contributed by atoms with Crippen molar-refractivity contribution in [2.75, 3.05) is 24.6 Å². The van der Waals surface area contributed by atoms with E-state index in [2.05, 4.69) is 22.0 Å². The van der Waals surface area contributed by atoms with Crippen molar-refractivity contribution in [3.8, 4) is 0 Å². The van der Waals surface area contributed by atoms with Gasteiger partial charge >= 0.3 is 0 Å². The highest BCUT2D eigenvalue weighted by atomic mass is 16.3. The average Bonchev–Trinajstić information content (AvgIpc) is 2.67. The Morgan fingerprint density at radius 2 is 2.47 bits per heavy atom. The van der Waals surface area contributed by atoms with Gasteiger partial charge in [-0.15, -0.1) is 0 Å². The number of aliphatic hydroxyl groups excluding tert-OH is 1. The molecule has 1 atom stereocenters. The lowest BCUT2D eigenvalue weighted by molar-refractivity contribution is 0.263. The van der Waals surface area contributed by atoms with Crippen molar-refractivity contribution in [2.45, 2.75) is 19.8 Å². The minimum atomic E-state index is 0.313. The number of aliphatic hydroxyl groups is 1. The van der Waals surface area contributed by atoms with Crippen LogP contribution in [0.25, 0.3) is 0 Å². The molecule has 0 saturated carbocycles. The summed E-state index contributed by atoms with van der Waals surface area (Å²) in [5, 5.41) is 8.90. The summed E-state index contributed by atoms with van der Waals surface area (Å²) in [6, 6.07) is 4.19. The van der Waals surface area contributed by atoms with E-state index in [1.54, 1.807) is 0 Å². The SMILES string of the molecule is Cc1cc(N2CCC(CCO)C2)ccn1. The highest BCUT2D eigenvalue weighted by Crippen LogP contribution is 2.25. The third-order valence-corrected chi connectivity index (χ3v) is 3.07. The standard InChI is InChI=1S/C12H18N2O/c1-10-8-12(2-5-13-10)14-6-3-11(9-14)4-7-15/h2,5,8,11,15H,3-4,6-7,9H2,1H3. The van der Waals surface area contributed by atoms with E-state index >= 15 is 0 Å². The zero-order valence-corrected chi connectivity index (χ0v) is 9.19. The molecule has 1 aliphatic rings. The second-order valence-corrected chi connectivity index (χ2v) is 4.27. The van der Waals surface area contributed by atoms with Crippen molar-refractivity contribution < 1.29 is 5.11 Å².